The third kappa shape index (κ3) is 10.3. The van der Waals surface area contributed by atoms with Crippen molar-refractivity contribution in [3.8, 4) is 34.1 Å². The van der Waals surface area contributed by atoms with Gasteiger partial charge in [0.05, 0.1) is 0 Å². The van der Waals surface area contributed by atoms with Gasteiger partial charge in [-0.25, -0.2) is 9.59 Å². The number of rotatable bonds is 17. The van der Waals surface area contributed by atoms with Gasteiger partial charge in [0.25, 0.3) is 0 Å². The molecule has 0 saturated carbocycles. The Labute approximate surface area is 315 Å². The van der Waals surface area contributed by atoms with E-state index in [0.29, 0.717) is 34.1 Å². The van der Waals surface area contributed by atoms with Crippen molar-refractivity contribution in [1.82, 2.24) is 0 Å². The van der Waals surface area contributed by atoms with Crippen molar-refractivity contribution in [3.05, 3.63) is 158 Å². The second-order valence-corrected chi connectivity index (χ2v) is 12.9. The summed E-state index contributed by atoms with van der Waals surface area (Å²) in [5, 5.41) is 4.33. The van der Waals surface area contributed by atoms with Crippen molar-refractivity contribution < 1.29 is 38.0 Å². The maximum Gasteiger partial charge on any atom is 0.333 e. The first-order chi connectivity index (χ1) is 26.2. The average molecular weight is 723 g/mol. The maximum atomic E-state index is 12.4. The lowest BCUT2D eigenvalue weighted by Crippen LogP contribution is -2.31. The molecule has 6 aromatic rings. The predicted octanol–water partition coefficient (Wildman–Crippen LogP) is 9.55. The van der Waals surface area contributed by atoms with E-state index in [-0.39, 0.29) is 26.4 Å². The Bertz CT molecular complexity index is 2080. The molecule has 6 aromatic carbocycles. The zero-order valence-electron chi connectivity index (χ0n) is 30.4. The van der Waals surface area contributed by atoms with E-state index in [0.717, 1.165) is 32.7 Å². The van der Waals surface area contributed by atoms with Crippen molar-refractivity contribution in [2.75, 3.05) is 26.4 Å². The quantitative estimate of drug-likeness (QED) is 0.0680. The molecule has 274 valence electrons. The normalized spacial score (nSPS) is 12.0. The van der Waals surface area contributed by atoms with E-state index in [9.17, 15) is 9.59 Å². The molecule has 0 spiro atoms. The molecule has 0 N–H and O–H groups in total. The molecule has 8 heteroatoms. The summed E-state index contributed by atoms with van der Waals surface area (Å²) in [6, 6.07) is 42.9. The Morgan fingerprint density at radius 3 is 1.11 bits per heavy atom. The molecule has 8 nitrogen and oxygen atoms in total. The molecule has 0 fully saturated rings. The molecule has 0 aliphatic rings. The standard InChI is InChI=1S/C46H42O8/c1-31(2)45(47)53-43(29-51-41-23-17-33-9-5-7-11-37(33)25-41)27-49-39-19-13-35(14-20-39)36-15-21-40(22-16-36)50-28-44(54-46(48)32(3)4)30-52-42-24-18-34-10-6-8-12-38(34)26-42/h5-26,43-44H,1,3,27-30H2,2,4H3. The fourth-order valence-electron chi connectivity index (χ4n) is 5.49. The zero-order valence-corrected chi connectivity index (χ0v) is 30.4. The third-order valence-electron chi connectivity index (χ3n) is 8.47. The molecule has 0 aliphatic carbocycles. The molecule has 2 atom stereocenters. The molecule has 0 saturated heterocycles. The lowest BCUT2D eigenvalue weighted by Gasteiger charge is -2.20. The number of carbonyl (C=O) groups excluding carboxylic acids is 2. The lowest BCUT2D eigenvalue weighted by atomic mass is 10.1. The van der Waals surface area contributed by atoms with Crippen LogP contribution in [-0.2, 0) is 19.1 Å². The van der Waals surface area contributed by atoms with Gasteiger partial charge in [0.1, 0.15) is 49.4 Å². The number of esters is 2. The van der Waals surface area contributed by atoms with Gasteiger partial charge in [-0.1, -0.05) is 98.1 Å². The Morgan fingerprint density at radius 2 is 0.759 bits per heavy atom. The smallest absolute Gasteiger partial charge is 0.333 e. The van der Waals surface area contributed by atoms with Gasteiger partial charge < -0.3 is 28.4 Å². The second kappa shape index (κ2) is 17.8. The van der Waals surface area contributed by atoms with Crippen LogP contribution in [0.3, 0.4) is 0 Å². The van der Waals surface area contributed by atoms with E-state index in [1.54, 1.807) is 13.8 Å². The molecule has 6 rings (SSSR count). The summed E-state index contributed by atoms with van der Waals surface area (Å²) in [5.41, 5.74) is 2.53. The van der Waals surface area contributed by atoms with Gasteiger partial charge in [-0.3, -0.25) is 0 Å². The number of ether oxygens (including phenoxy) is 6. The van der Waals surface area contributed by atoms with Crippen LogP contribution in [0.15, 0.2) is 158 Å². The molecule has 54 heavy (non-hydrogen) atoms. The van der Waals surface area contributed by atoms with E-state index in [2.05, 4.69) is 13.2 Å². The van der Waals surface area contributed by atoms with Crippen molar-refractivity contribution in [2.24, 2.45) is 0 Å². The van der Waals surface area contributed by atoms with Crippen molar-refractivity contribution >= 4 is 33.5 Å². The number of hydrogen-bond donors (Lipinski definition) is 0. The van der Waals surface area contributed by atoms with Crippen LogP contribution in [0.4, 0.5) is 0 Å². The second-order valence-electron chi connectivity index (χ2n) is 12.9. The van der Waals surface area contributed by atoms with Crippen molar-refractivity contribution in [3.63, 3.8) is 0 Å². The monoisotopic (exact) mass is 722 g/mol. The summed E-state index contributed by atoms with van der Waals surface area (Å²) in [5.74, 6) is 1.55. The molecule has 0 aromatic heterocycles. The molecule has 0 aliphatic heterocycles. The third-order valence-corrected chi connectivity index (χ3v) is 8.47. The predicted molar refractivity (Wildman–Crippen MR) is 211 cm³/mol. The Balaban J connectivity index is 1.03. The van der Waals surface area contributed by atoms with E-state index in [4.69, 9.17) is 28.4 Å². The van der Waals surface area contributed by atoms with Gasteiger partial charge in [-0.15, -0.1) is 0 Å². The molecule has 0 radical (unpaired) electrons. The summed E-state index contributed by atoms with van der Waals surface area (Å²) in [6.45, 7) is 11.0. The fourth-order valence-corrected chi connectivity index (χ4v) is 5.49. The van der Waals surface area contributed by atoms with Crippen molar-refractivity contribution in [2.45, 2.75) is 26.1 Å². The van der Waals surface area contributed by atoms with Crippen LogP contribution in [0, 0.1) is 0 Å². The van der Waals surface area contributed by atoms with Gasteiger partial charge in [-0.2, -0.15) is 0 Å². The Hall–Kier alpha value is -6.54. The summed E-state index contributed by atoms with van der Waals surface area (Å²) < 4.78 is 35.3. The Morgan fingerprint density at radius 1 is 0.444 bits per heavy atom. The molecular weight excluding hydrogens is 680 g/mol. The van der Waals surface area contributed by atoms with Crippen molar-refractivity contribution in [1.29, 1.82) is 0 Å². The number of carbonyl (C=O) groups is 2. The first-order valence-electron chi connectivity index (χ1n) is 17.6. The lowest BCUT2D eigenvalue weighted by molar-refractivity contribution is -0.148. The maximum absolute atomic E-state index is 12.4. The van der Waals surface area contributed by atoms with E-state index in [1.807, 2.05) is 133 Å². The van der Waals surface area contributed by atoms with Gasteiger partial charge in [0.2, 0.25) is 0 Å². The van der Waals surface area contributed by atoms with Crippen LogP contribution in [0.1, 0.15) is 13.8 Å². The van der Waals surface area contributed by atoms with E-state index >= 15 is 0 Å². The minimum Gasteiger partial charge on any atom is -0.490 e. The van der Waals surface area contributed by atoms with Crippen LogP contribution in [0.2, 0.25) is 0 Å². The number of benzene rings is 6. The van der Waals surface area contributed by atoms with E-state index in [1.165, 1.54) is 0 Å². The first-order valence-corrected chi connectivity index (χ1v) is 17.6. The molecular formula is C46H42O8. The van der Waals surface area contributed by atoms with Gasteiger partial charge in [0.15, 0.2) is 12.2 Å². The molecule has 2 unspecified atom stereocenters. The summed E-state index contributed by atoms with van der Waals surface area (Å²) in [6.07, 6.45) is -1.33. The molecule has 0 heterocycles. The number of fused-ring (bicyclic) bond motifs is 2. The zero-order chi connectivity index (χ0) is 37.9. The van der Waals surface area contributed by atoms with Gasteiger partial charge in [0, 0.05) is 11.1 Å². The fraction of sp³-hybridized carbons (Fsp3) is 0.174. The highest BCUT2D eigenvalue weighted by molar-refractivity contribution is 5.88. The average Bonchev–Trinajstić information content (AvgIpc) is 3.20. The highest BCUT2D eigenvalue weighted by Gasteiger charge is 2.19. The summed E-state index contributed by atoms with van der Waals surface area (Å²) in [4.78, 5) is 24.7. The van der Waals surface area contributed by atoms with Crippen LogP contribution < -0.4 is 18.9 Å². The Kier molecular flexibility index (Phi) is 12.3. The van der Waals surface area contributed by atoms with Gasteiger partial charge in [-0.05, 0) is 95.1 Å². The SMILES string of the molecule is C=C(C)C(=O)OC(COc1ccc(-c2ccc(OCC(COc3ccc4ccccc4c3)OC(=O)C(=C)C)cc2)cc1)COc1ccc2ccccc2c1. The first kappa shape index (κ1) is 37.2. The minimum absolute atomic E-state index is 0.0912. The van der Waals surface area contributed by atoms with Gasteiger partial charge >= 0.3 is 11.9 Å². The van der Waals surface area contributed by atoms with Crippen LogP contribution in [0.5, 0.6) is 23.0 Å². The van der Waals surface area contributed by atoms with Crippen LogP contribution in [-0.4, -0.2) is 50.6 Å². The minimum atomic E-state index is -0.665. The highest BCUT2D eigenvalue weighted by Crippen LogP contribution is 2.26. The molecule has 0 amide bonds. The summed E-state index contributed by atoms with van der Waals surface area (Å²) >= 11 is 0. The number of hydrogen-bond acceptors (Lipinski definition) is 8. The molecule has 0 bridgehead atoms. The highest BCUT2D eigenvalue weighted by atomic mass is 16.6. The topological polar surface area (TPSA) is 89.5 Å². The largest absolute Gasteiger partial charge is 0.490 e. The van der Waals surface area contributed by atoms with E-state index < -0.39 is 24.1 Å². The summed E-state index contributed by atoms with van der Waals surface area (Å²) in [7, 11) is 0. The van der Waals surface area contributed by atoms with Crippen LogP contribution in [0.25, 0.3) is 32.7 Å². The van der Waals surface area contributed by atoms with Crippen LogP contribution >= 0.6 is 0 Å².